The molecule has 0 saturated carbocycles. The number of aliphatic hydroxyl groups excluding tert-OH is 1. The van der Waals surface area contributed by atoms with Crippen LogP contribution in [0, 0.1) is 5.92 Å². The average molecular weight is 1840 g/mol. The number of amides is 15. The summed E-state index contributed by atoms with van der Waals surface area (Å²) in [6.07, 6.45) is 3.59. The van der Waals surface area contributed by atoms with Gasteiger partial charge in [0.15, 0.2) is 17.9 Å². The number of carbonyl (C=O) groups excluding carboxylic acids is 15. The maximum Gasteiger partial charge on any atom is 0.305 e. The number of thioether (sulfide) groups is 2. The number of aromatic nitrogens is 2. The molecule has 0 spiro atoms. The minimum atomic E-state index is -2.02. The van der Waals surface area contributed by atoms with E-state index >= 15 is 9.59 Å². The Morgan fingerprint density at radius 1 is 0.548 bits per heavy atom. The molecule has 2 heterocycles. The number of benzene rings is 2. The van der Waals surface area contributed by atoms with Crippen molar-refractivity contribution >= 4 is 158 Å². The standard InChI is InChI=1S/C76H119N27O19S4/c1-5-40(2)28-50-67(116)101-55(36-104)71(120)103-57(73(122)98-52(30-42-17-19-44(105)20-18-42)68(117)93-46(61(78)110)14-9-23-86-74(79)80)38-126-125-37-56(102-62(111)45(77)21-26-123-3)72(121)99-53(31-43-33-85-39-91-43)69(118)97-51(29-41-12-7-6-8-13-41)63(112)90-34-58(106)89-35-59(107)92-47(15-10-24-87-75(81)82)64(113)95-49(22-27-124-4)66(115)100-54(32-60(108)109)70(119)94-48(65(114)96-50)16-11-25-88-76(83)84/h6-8,12-13,17-20,33,39-40,45-57,104-105H,5,9-11,14-16,21-32,34-38,77H2,1-4H3,(H2,78,110)(H,85,91)(H,89,106)(H,90,112)(H,92,107)(H,93,117)(H,94,119)(H,95,113)(H,96,114)(H,97,118)(H,98,122)(H,99,121)(H,100,115)(H,101,116)(H,102,111)(H,103,120)(H,108,109)(H4,79,80,86)(H4,81,82,87)(H4,83,84,88)/t40-,45-,46-,47-,48-,49+,50-,51+,52-,53-,54-,55-,56-,57-/m0/s1. The quantitative estimate of drug-likeness (QED) is 0.0110. The summed E-state index contributed by atoms with van der Waals surface area (Å²) in [6.45, 7) is 0.380. The lowest BCUT2D eigenvalue weighted by atomic mass is 9.97. The average Bonchev–Trinajstić information content (AvgIpc) is 0.944. The Labute approximate surface area is 743 Å². The monoisotopic (exact) mass is 1840 g/mol. The van der Waals surface area contributed by atoms with E-state index in [1.54, 1.807) is 56.7 Å². The molecule has 3 aromatic rings. The van der Waals surface area contributed by atoms with E-state index < -0.39 is 217 Å². The van der Waals surface area contributed by atoms with Gasteiger partial charge in [-0.15, -0.1) is 0 Å². The number of carboxylic acid groups (broad SMARTS) is 1. The van der Waals surface area contributed by atoms with Crippen molar-refractivity contribution in [3.05, 3.63) is 83.9 Å². The summed E-state index contributed by atoms with van der Waals surface area (Å²) in [6, 6.07) is -7.64. The number of phenols is 1. The van der Waals surface area contributed by atoms with Crippen LogP contribution in [0.1, 0.15) is 101 Å². The predicted octanol–water partition coefficient (Wildman–Crippen LogP) is -8.03. The fraction of sp³-hybridized carbons (Fsp3) is 0.553. The molecule has 2 aromatic carbocycles. The Morgan fingerprint density at radius 3 is 1.63 bits per heavy atom. The van der Waals surface area contributed by atoms with E-state index in [-0.39, 0.29) is 132 Å². The third-order valence-corrected chi connectivity index (χ3v) is 22.7. The Balaban J connectivity index is 1.97. The predicted molar refractivity (Wildman–Crippen MR) is 475 cm³/mol. The molecule has 696 valence electrons. The van der Waals surface area contributed by atoms with Crippen LogP contribution in [0.2, 0.25) is 0 Å². The van der Waals surface area contributed by atoms with E-state index in [1.807, 2.05) is 0 Å². The number of carbonyl (C=O) groups is 16. The lowest BCUT2D eigenvalue weighted by molar-refractivity contribution is -0.141. The minimum Gasteiger partial charge on any atom is -0.508 e. The number of nitrogens with zero attached hydrogens (tertiary/aromatic N) is 4. The maximum absolute atomic E-state index is 15.2. The number of aliphatic hydroxyl groups is 1. The zero-order valence-electron chi connectivity index (χ0n) is 70.3. The molecule has 1 aromatic heterocycles. The first-order valence-electron chi connectivity index (χ1n) is 40.2. The molecule has 1 saturated heterocycles. The highest BCUT2D eigenvalue weighted by atomic mass is 33.1. The molecule has 1 fully saturated rings. The summed E-state index contributed by atoms with van der Waals surface area (Å²) < 4.78 is 0. The second-order valence-corrected chi connectivity index (χ2v) is 33.7. The highest BCUT2D eigenvalue weighted by Gasteiger charge is 2.39. The normalized spacial score (nSPS) is 21.5. The van der Waals surface area contributed by atoms with Crippen molar-refractivity contribution in [2.75, 3.05) is 74.9 Å². The fourth-order valence-corrected chi connectivity index (χ4v) is 15.2. The topological polar surface area (TPSA) is 776 Å². The first kappa shape index (κ1) is 106. The van der Waals surface area contributed by atoms with Gasteiger partial charge in [-0.2, -0.15) is 23.5 Å². The van der Waals surface area contributed by atoms with Crippen LogP contribution < -0.4 is 120 Å². The number of aliphatic imine (C=N–C) groups is 3. The SMILES string of the molecule is CC[C@H](C)C[C@@H]1NC(=O)[C@H](CCCN=C(N)N)NC(=O)[C@H](CC(=O)O)NC(=O)[C@@H](CCSC)NC(=O)[C@H](CCCN=C(N)N)NC(=O)CNC(=O)CNC(=O)[C@@H](Cc2ccccc2)NC(=O)[C@H](Cc2c[nH]cn2)NC(=O)[C@@H](NC(=O)[C@@H](N)CCSC)CSSC[C@@H](C(=O)N[C@@H](Cc2ccc(O)cc2)C(=O)N[C@@H](CCCN=C(N)N)C(N)=O)NC(=O)[C@H](CO)NC1=O. The van der Waals surface area contributed by atoms with E-state index in [0.717, 1.165) is 21.6 Å². The van der Waals surface area contributed by atoms with E-state index in [2.05, 4.69) is 99.4 Å². The second-order valence-electron chi connectivity index (χ2n) is 29.1. The first-order chi connectivity index (χ1) is 59.9. The van der Waals surface area contributed by atoms with Gasteiger partial charge < -0.3 is 141 Å². The van der Waals surface area contributed by atoms with Crippen molar-refractivity contribution in [2.45, 2.75) is 182 Å². The van der Waals surface area contributed by atoms with Gasteiger partial charge in [-0.1, -0.05) is 84.3 Å². The number of rotatable bonds is 37. The molecule has 46 nitrogen and oxygen atoms in total. The molecule has 0 bridgehead atoms. The summed E-state index contributed by atoms with van der Waals surface area (Å²) in [4.78, 5) is 248. The molecule has 0 unspecified atom stereocenters. The molecule has 1 aliphatic heterocycles. The molecule has 15 amide bonds. The molecule has 0 radical (unpaired) electrons. The Kier molecular flexibility index (Phi) is 48.6. The molecule has 126 heavy (non-hydrogen) atoms. The van der Waals surface area contributed by atoms with Gasteiger partial charge in [-0.05, 0) is 111 Å². The van der Waals surface area contributed by atoms with Gasteiger partial charge in [0.2, 0.25) is 88.6 Å². The largest absolute Gasteiger partial charge is 0.508 e. The van der Waals surface area contributed by atoms with Crippen LogP contribution in [-0.4, -0.2) is 291 Å². The van der Waals surface area contributed by atoms with Gasteiger partial charge in [-0.3, -0.25) is 91.7 Å². The summed E-state index contributed by atoms with van der Waals surface area (Å²) in [7, 11) is 1.60. The third kappa shape index (κ3) is 41.3. The second kappa shape index (κ2) is 57.6. The molecule has 50 heteroatoms. The number of hydrogen-bond acceptors (Lipinski definition) is 27. The van der Waals surface area contributed by atoms with Crippen molar-refractivity contribution in [3.63, 3.8) is 0 Å². The number of nitrogens with two attached hydrogens (primary N) is 8. The smallest absolute Gasteiger partial charge is 0.305 e. The zero-order chi connectivity index (χ0) is 93.4. The van der Waals surface area contributed by atoms with Crippen LogP contribution in [0.3, 0.4) is 0 Å². The van der Waals surface area contributed by atoms with E-state index in [4.69, 9.17) is 45.9 Å². The zero-order valence-corrected chi connectivity index (χ0v) is 73.6. The first-order valence-corrected chi connectivity index (χ1v) is 45.4. The summed E-state index contributed by atoms with van der Waals surface area (Å²) in [5.74, 6) is -19.3. The number of phenolic OH excluding ortho intramolecular Hbond substituents is 1. The maximum atomic E-state index is 15.2. The number of primary amides is 1. The van der Waals surface area contributed by atoms with Crippen molar-refractivity contribution in [3.8, 4) is 5.75 Å². The lowest BCUT2D eigenvalue weighted by Crippen LogP contribution is -2.61. The highest BCUT2D eigenvalue weighted by Crippen LogP contribution is 2.25. The number of imidazole rings is 1. The molecule has 1 aliphatic rings. The van der Waals surface area contributed by atoms with E-state index in [9.17, 15) is 82.4 Å². The number of carboxylic acids is 1. The van der Waals surface area contributed by atoms with Crippen molar-refractivity contribution in [1.29, 1.82) is 0 Å². The van der Waals surface area contributed by atoms with Crippen molar-refractivity contribution in [1.82, 2.24) is 84.4 Å². The molecular formula is C76H119N27O19S4. The summed E-state index contributed by atoms with van der Waals surface area (Å²) in [5.41, 5.74) is 46.4. The van der Waals surface area contributed by atoms with Gasteiger partial charge >= 0.3 is 5.97 Å². The highest BCUT2D eigenvalue weighted by molar-refractivity contribution is 8.76. The molecule has 14 atom stereocenters. The van der Waals surface area contributed by atoms with Crippen LogP contribution >= 0.6 is 45.1 Å². The van der Waals surface area contributed by atoms with Crippen LogP contribution in [-0.2, 0) is 96.0 Å². The lowest BCUT2D eigenvalue weighted by Gasteiger charge is -2.28. The van der Waals surface area contributed by atoms with Gasteiger partial charge in [0.05, 0.1) is 44.2 Å². The summed E-state index contributed by atoms with van der Waals surface area (Å²) >= 11 is 2.59. The number of aromatic amines is 1. The van der Waals surface area contributed by atoms with E-state index in [1.165, 1.54) is 60.3 Å². The van der Waals surface area contributed by atoms with Crippen LogP contribution in [0.15, 0.2) is 82.1 Å². The third-order valence-electron chi connectivity index (χ3n) is 19.0. The van der Waals surface area contributed by atoms with Crippen LogP contribution in [0.25, 0.3) is 0 Å². The van der Waals surface area contributed by atoms with Gasteiger partial charge in [-0.25, -0.2) is 4.98 Å². The molecule has 34 N–H and O–H groups in total. The van der Waals surface area contributed by atoms with Crippen LogP contribution in [0.4, 0.5) is 0 Å². The number of guanidine groups is 3. The molecule has 4 rings (SSSR count). The Hall–Kier alpha value is -11.9. The fourth-order valence-electron chi connectivity index (χ4n) is 11.9. The summed E-state index contributed by atoms with van der Waals surface area (Å²) in [5, 5.41) is 66.6. The van der Waals surface area contributed by atoms with Crippen molar-refractivity contribution in [2.24, 2.45) is 66.8 Å². The van der Waals surface area contributed by atoms with Gasteiger partial charge in [0.1, 0.15) is 78.3 Å². The number of H-pyrrole nitrogens is 1. The Bertz CT molecular complexity index is 4190. The van der Waals surface area contributed by atoms with Gasteiger partial charge in [0.25, 0.3) is 0 Å². The number of aliphatic carboxylic acids is 1. The van der Waals surface area contributed by atoms with Crippen LogP contribution in [0.5, 0.6) is 5.75 Å². The van der Waals surface area contributed by atoms with E-state index in [0.29, 0.717) is 23.3 Å². The van der Waals surface area contributed by atoms with Gasteiger partial charge in [0, 0.05) is 56.6 Å². The molecular weight excluding hydrogens is 1720 g/mol. The van der Waals surface area contributed by atoms with Crippen molar-refractivity contribution < 1.29 is 92.0 Å². The Morgan fingerprint density at radius 2 is 1.06 bits per heavy atom. The minimum absolute atomic E-state index is 0.0118. The number of aromatic hydroxyl groups is 1. The molecule has 0 aliphatic carbocycles. The number of hydrogen-bond donors (Lipinski definition) is 26. The number of nitrogens with one attached hydrogen (secondary N) is 15.